The summed E-state index contributed by atoms with van der Waals surface area (Å²) in [6.45, 7) is 3.86. The largest absolute Gasteiger partial charge is 0.288 e. The summed E-state index contributed by atoms with van der Waals surface area (Å²) in [5, 5.41) is 0. The third kappa shape index (κ3) is 1.23. The van der Waals surface area contributed by atoms with Crippen LogP contribution in [0, 0.1) is 0 Å². The van der Waals surface area contributed by atoms with Crippen molar-refractivity contribution in [1.82, 2.24) is 0 Å². The van der Waals surface area contributed by atoms with Crippen LogP contribution in [-0.2, 0) is 0 Å². The molecule has 0 aliphatic heterocycles. The van der Waals surface area contributed by atoms with Gasteiger partial charge in [-0.25, -0.2) is 0 Å². The van der Waals surface area contributed by atoms with Crippen LogP contribution in [0.3, 0.4) is 0 Å². The predicted octanol–water partition coefficient (Wildman–Crippen LogP) is 2.71. The van der Waals surface area contributed by atoms with Gasteiger partial charge < -0.3 is 0 Å². The molecule has 1 aliphatic rings. The molecule has 0 radical (unpaired) electrons. The number of rotatable bonds is 0. The minimum absolute atomic E-state index is 0.0219. The van der Waals surface area contributed by atoms with Crippen LogP contribution in [0.1, 0.15) is 15.9 Å². The summed E-state index contributed by atoms with van der Waals surface area (Å²) in [5.41, 5.74) is 2.45. The Bertz CT molecular complexity index is 429. The predicted molar refractivity (Wildman–Crippen MR) is 56.9 cm³/mol. The number of Topliss-reactive ketones (excluding diaryl/α,β-unsaturated/α-hetero) is 1. The molecule has 0 aromatic heterocycles. The van der Waals surface area contributed by atoms with Crippen molar-refractivity contribution >= 4 is 24.0 Å². The van der Waals surface area contributed by atoms with Crippen molar-refractivity contribution in [3.8, 4) is 0 Å². The maximum Gasteiger partial charge on any atom is 0.199 e. The highest BCUT2D eigenvalue weighted by Gasteiger charge is 2.19. The molecule has 0 spiro atoms. The Balaban J connectivity index is 2.69. The number of allylic oxidation sites excluding steroid dienone is 3. The molecule has 1 nitrogen and oxygen atoms in total. The molecule has 2 rings (SSSR count). The maximum atomic E-state index is 11.6. The first kappa shape index (κ1) is 8.32. The number of ketones is 1. The Labute approximate surface area is 82.2 Å². The van der Waals surface area contributed by atoms with Crippen molar-refractivity contribution in [2.45, 2.75) is 0 Å². The summed E-state index contributed by atoms with van der Waals surface area (Å²) in [4.78, 5) is 12.0. The van der Waals surface area contributed by atoms with Crippen LogP contribution in [0.2, 0.25) is 0 Å². The molecule has 0 unspecified atom stereocenters. The van der Waals surface area contributed by atoms with Gasteiger partial charge in [0.1, 0.15) is 0 Å². The molecule has 2 heteroatoms. The number of benzene rings is 1. The number of carbonyl (C=O) groups is 1. The molecule has 0 saturated carbocycles. The van der Waals surface area contributed by atoms with Gasteiger partial charge in [0, 0.05) is 5.56 Å². The first-order chi connectivity index (χ1) is 6.20. The Morgan fingerprint density at radius 2 is 1.77 bits per heavy atom. The number of hydrogen-bond acceptors (Lipinski definition) is 2. The maximum absolute atomic E-state index is 11.6. The van der Waals surface area contributed by atoms with Gasteiger partial charge in [0.2, 0.25) is 0 Å². The van der Waals surface area contributed by atoms with Gasteiger partial charge in [-0.3, -0.25) is 4.79 Å². The smallest absolute Gasteiger partial charge is 0.199 e. The second-order valence-electron chi connectivity index (χ2n) is 2.93. The van der Waals surface area contributed by atoms with Crippen LogP contribution < -0.4 is 0 Å². The van der Waals surface area contributed by atoms with E-state index in [1.54, 1.807) is 12.1 Å². The topological polar surface area (TPSA) is 17.1 Å². The molecular weight excluding hydrogens is 180 g/mol. The molecule has 0 bridgehead atoms. The number of hydrogen-bond donors (Lipinski definition) is 1. The Hall–Kier alpha value is -1.28. The van der Waals surface area contributed by atoms with Gasteiger partial charge in [0.15, 0.2) is 5.78 Å². The zero-order chi connectivity index (χ0) is 9.42. The van der Waals surface area contributed by atoms with Crippen molar-refractivity contribution in [3.05, 3.63) is 53.0 Å². The van der Waals surface area contributed by atoms with Crippen LogP contribution in [0.15, 0.2) is 41.8 Å². The third-order valence-electron chi connectivity index (χ3n) is 2.06. The highest BCUT2D eigenvalue weighted by molar-refractivity contribution is 7.85. The second-order valence-corrected chi connectivity index (χ2v) is 3.41. The Morgan fingerprint density at radius 3 is 2.46 bits per heavy atom. The van der Waals surface area contributed by atoms with Gasteiger partial charge >= 0.3 is 0 Å². The molecule has 0 atom stereocenters. The zero-order valence-electron chi connectivity index (χ0n) is 6.95. The van der Waals surface area contributed by atoms with Gasteiger partial charge in [-0.05, 0) is 17.2 Å². The average molecular weight is 188 g/mol. The fraction of sp³-hybridized carbons (Fsp3) is 0. The van der Waals surface area contributed by atoms with Crippen LogP contribution in [-0.4, -0.2) is 5.78 Å². The van der Waals surface area contributed by atoms with Crippen molar-refractivity contribution in [1.29, 1.82) is 0 Å². The van der Waals surface area contributed by atoms with Crippen molar-refractivity contribution in [2.75, 3.05) is 0 Å². The van der Waals surface area contributed by atoms with Gasteiger partial charge in [-0.2, -0.15) is 0 Å². The number of thiol groups is 1. The number of fused-ring (bicyclic) bond motifs is 1. The first-order valence-corrected chi connectivity index (χ1v) is 4.38. The van der Waals surface area contributed by atoms with Gasteiger partial charge in [0.25, 0.3) is 0 Å². The summed E-state index contributed by atoms with van der Waals surface area (Å²) in [5.74, 6) is -0.0219. The summed E-state index contributed by atoms with van der Waals surface area (Å²) < 4.78 is 0. The van der Waals surface area contributed by atoms with E-state index in [-0.39, 0.29) is 5.78 Å². The minimum atomic E-state index is -0.0219. The van der Waals surface area contributed by atoms with E-state index in [1.165, 1.54) is 0 Å². The normalized spacial score (nSPS) is 15.3. The summed E-state index contributed by atoms with van der Waals surface area (Å²) in [6.07, 6.45) is 1.70. The molecule has 0 N–H and O–H groups in total. The summed E-state index contributed by atoms with van der Waals surface area (Å²) in [7, 11) is 0. The Kier molecular flexibility index (Phi) is 1.85. The number of carbonyl (C=O) groups excluding carboxylic acids is 1. The molecule has 0 amide bonds. The van der Waals surface area contributed by atoms with Crippen molar-refractivity contribution in [3.63, 3.8) is 0 Å². The van der Waals surface area contributed by atoms with Gasteiger partial charge in [0.05, 0.1) is 4.91 Å². The van der Waals surface area contributed by atoms with E-state index in [1.807, 2.05) is 18.2 Å². The molecule has 64 valence electrons. The first-order valence-electron chi connectivity index (χ1n) is 3.94. The van der Waals surface area contributed by atoms with E-state index in [9.17, 15) is 4.79 Å². The highest BCUT2D eigenvalue weighted by Crippen LogP contribution is 2.29. The zero-order valence-corrected chi connectivity index (χ0v) is 7.84. The van der Waals surface area contributed by atoms with Gasteiger partial charge in [-0.15, -0.1) is 12.6 Å². The van der Waals surface area contributed by atoms with Crippen LogP contribution >= 0.6 is 12.6 Å². The second kappa shape index (κ2) is 2.89. The molecule has 1 aromatic carbocycles. The lowest BCUT2D eigenvalue weighted by atomic mass is 9.93. The molecule has 0 heterocycles. The fourth-order valence-corrected chi connectivity index (χ4v) is 1.68. The van der Waals surface area contributed by atoms with Crippen LogP contribution in [0.4, 0.5) is 0 Å². The van der Waals surface area contributed by atoms with Gasteiger partial charge in [-0.1, -0.05) is 30.8 Å². The fourth-order valence-electron chi connectivity index (χ4n) is 1.41. The van der Waals surface area contributed by atoms with E-state index in [0.717, 1.165) is 11.1 Å². The lowest BCUT2D eigenvalue weighted by Gasteiger charge is -2.13. The molecule has 1 aliphatic carbocycles. The molecule has 13 heavy (non-hydrogen) atoms. The lowest BCUT2D eigenvalue weighted by molar-refractivity contribution is 0.104. The molecule has 0 saturated heterocycles. The van der Waals surface area contributed by atoms with E-state index in [0.29, 0.717) is 10.5 Å². The summed E-state index contributed by atoms with van der Waals surface area (Å²) in [6, 6.07) is 7.43. The highest BCUT2D eigenvalue weighted by atomic mass is 32.1. The minimum Gasteiger partial charge on any atom is -0.288 e. The average Bonchev–Trinajstić information content (AvgIpc) is 2.15. The van der Waals surface area contributed by atoms with Crippen LogP contribution in [0.25, 0.3) is 5.57 Å². The molecule has 0 fully saturated rings. The third-order valence-corrected chi connectivity index (χ3v) is 2.39. The monoisotopic (exact) mass is 188 g/mol. The SMILES string of the molecule is C=C1C=C(S)C(=O)c2ccccc21. The van der Waals surface area contributed by atoms with E-state index >= 15 is 0 Å². The van der Waals surface area contributed by atoms with E-state index in [4.69, 9.17) is 0 Å². The lowest BCUT2D eigenvalue weighted by Crippen LogP contribution is -2.07. The molecule has 1 aromatic rings. The van der Waals surface area contributed by atoms with Crippen molar-refractivity contribution < 1.29 is 4.79 Å². The van der Waals surface area contributed by atoms with Crippen LogP contribution in [0.5, 0.6) is 0 Å². The molecular formula is C11H8OS. The standard InChI is InChI=1S/C11H8OS/c1-7-6-10(13)11(12)9-5-3-2-4-8(7)9/h2-6,13H,1H2. The summed E-state index contributed by atoms with van der Waals surface area (Å²) >= 11 is 4.09. The Morgan fingerprint density at radius 1 is 1.15 bits per heavy atom. The van der Waals surface area contributed by atoms with E-state index in [2.05, 4.69) is 19.2 Å². The van der Waals surface area contributed by atoms with Crippen molar-refractivity contribution in [2.24, 2.45) is 0 Å². The quantitative estimate of drug-likeness (QED) is 0.619. The van der Waals surface area contributed by atoms with E-state index < -0.39 is 0 Å².